The first-order chi connectivity index (χ1) is 3.31. The third-order valence-corrected chi connectivity index (χ3v) is 0.633. The lowest BCUT2D eigenvalue weighted by molar-refractivity contribution is 0.431. The number of aliphatic hydroxyl groups excluding tert-OH is 1. The van der Waals surface area contributed by atoms with Gasteiger partial charge in [-0.2, -0.15) is 0 Å². The van der Waals surface area contributed by atoms with E-state index in [1.54, 1.807) is 25.2 Å². The van der Waals surface area contributed by atoms with Gasteiger partial charge in [0.1, 0.15) is 5.76 Å². The molecule has 1 N–H and O–H groups in total. The summed E-state index contributed by atoms with van der Waals surface area (Å²) in [6.45, 7) is 3.65. The molecule has 40 valence electrons. The second-order valence-electron chi connectivity index (χ2n) is 1.21. The van der Waals surface area contributed by atoms with Crippen molar-refractivity contribution in [3.05, 3.63) is 24.0 Å². The first kappa shape index (κ1) is 6.28. The number of allylic oxidation sites excluding steroid dienone is 3. The van der Waals surface area contributed by atoms with Crippen molar-refractivity contribution in [2.75, 3.05) is 0 Å². The van der Waals surface area contributed by atoms with Gasteiger partial charge >= 0.3 is 0 Å². The van der Waals surface area contributed by atoms with Gasteiger partial charge < -0.3 is 5.11 Å². The molecular weight excluding hydrogens is 88.1 g/mol. The molecular formula is C6H10O. The van der Waals surface area contributed by atoms with Gasteiger partial charge in [0.2, 0.25) is 0 Å². The molecule has 0 atom stereocenters. The fraction of sp³-hybridized carbons (Fsp3) is 0.333. The van der Waals surface area contributed by atoms with Crippen molar-refractivity contribution < 1.29 is 5.11 Å². The molecule has 0 aromatic heterocycles. The maximum atomic E-state index is 8.63. The Labute approximate surface area is 44.0 Å². The Balaban J connectivity index is 3.58. The van der Waals surface area contributed by atoms with E-state index in [-0.39, 0.29) is 0 Å². The normalized spacial score (nSPS) is 13.1. The van der Waals surface area contributed by atoms with Crippen LogP contribution in [0.5, 0.6) is 0 Å². The Morgan fingerprint density at radius 2 is 2.00 bits per heavy atom. The molecule has 1 heteroatoms. The lowest BCUT2D eigenvalue weighted by Crippen LogP contribution is -1.67. The van der Waals surface area contributed by atoms with Gasteiger partial charge in [0.05, 0.1) is 0 Å². The van der Waals surface area contributed by atoms with Crippen molar-refractivity contribution in [2.24, 2.45) is 0 Å². The van der Waals surface area contributed by atoms with Crippen molar-refractivity contribution >= 4 is 0 Å². The summed E-state index contributed by atoms with van der Waals surface area (Å²) < 4.78 is 0. The minimum absolute atomic E-state index is 0.322. The van der Waals surface area contributed by atoms with Crippen LogP contribution in [0.25, 0.3) is 0 Å². The highest BCUT2D eigenvalue weighted by molar-refractivity contribution is 5.07. The van der Waals surface area contributed by atoms with Gasteiger partial charge in [-0.1, -0.05) is 6.08 Å². The van der Waals surface area contributed by atoms with E-state index >= 15 is 0 Å². The van der Waals surface area contributed by atoms with Gasteiger partial charge in [-0.05, 0) is 26.0 Å². The Morgan fingerprint density at radius 1 is 1.43 bits per heavy atom. The van der Waals surface area contributed by atoms with E-state index in [2.05, 4.69) is 0 Å². The highest BCUT2D eigenvalue weighted by atomic mass is 16.3. The van der Waals surface area contributed by atoms with E-state index in [4.69, 9.17) is 5.11 Å². The van der Waals surface area contributed by atoms with Gasteiger partial charge in [-0.25, -0.2) is 0 Å². The molecule has 0 saturated heterocycles. The zero-order valence-electron chi connectivity index (χ0n) is 4.68. The summed E-state index contributed by atoms with van der Waals surface area (Å²) in [5.74, 6) is 0.322. The van der Waals surface area contributed by atoms with Crippen LogP contribution >= 0.6 is 0 Å². The van der Waals surface area contributed by atoms with Crippen LogP contribution in [-0.4, -0.2) is 5.11 Å². The fourth-order valence-corrected chi connectivity index (χ4v) is 0.267. The summed E-state index contributed by atoms with van der Waals surface area (Å²) in [5.41, 5.74) is 0. The molecule has 0 saturated carbocycles. The monoisotopic (exact) mass is 98.1 g/mol. The topological polar surface area (TPSA) is 20.2 Å². The highest BCUT2D eigenvalue weighted by Gasteiger charge is 1.72. The van der Waals surface area contributed by atoms with E-state index in [1.807, 2.05) is 6.92 Å². The van der Waals surface area contributed by atoms with E-state index < -0.39 is 0 Å². The van der Waals surface area contributed by atoms with Crippen LogP contribution in [0.15, 0.2) is 24.0 Å². The molecule has 0 aliphatic rings. The minimum Gasteiger partial charge on any atom is -0.508 e. The SMILES string of the molecule is C/C=C\C(O)=C/C. The molecule has 7 heavy (non-hydrogen) atoms. The summed E-state index contributed by atoms with van der Waals surface area (Å²) in [6.07, 6.45) is 5.06. The molecule has 0 fully saturated rings. The molecule has 0 spiro atoms. The zero-order valence-corrected chi connectivity index (χ0v) is 4.68. The second kappa shape index (κ2) is 3.47. The predicted molar refractivity (Wildman–Crippen MR) is 31.2 cm³/mol. The summed E-state index contributed by atoms with van der Waals surface area (Å²) in [7, 11) is 0. The number of aliphatic hydroxyl groups is 1. The molecule has 0 aliphatic heterocycles. The van der Waals surface area contributed by atoms with Crippen LogP contribution in [0.4, 0.5) is 0 Å². The molecule has 1 nitrogen and oxygen atoms in total. The van der Waals surface area contributed by atoms with Crippen LogP contribution in [0.1, 0.15) is 13.8 Å². The summed E-state index contributed by atoms with van der Waals surface area (Å²) in [4.78, 5) is 0. The molecule has 0 radical (unpaired) electrons. The van der Waals surface area contributed by atoms with E-state index in [9.17, 15) is 0 Å². The zero-order chi connectivity index (χ0) is 5.70. The summed E-state index contributed by atoms with van der Waals surface area (Å²) >= 11 is 0. The Hall–Kier alpha value is -0.720. The molecule has 0 amide bonds. The predicted octanol–water partition coefficient (Wildman–Crippen LogP) is 2.02. The molecule has 0 heterocycles. The number of rotatable bonds is 1. The second-order valence-corrected chi connectivity index (χ2v) is 1.21. The molecule has 0 rings (SSSR count). The largest absolute Gasteiger partial charge is 0.508 e. The van der Waals surface area contributed by atoms with E-state index in [0.29, 0.717) is 5.76 Å². The number of hydrogen-bond donors (Lipinski definition) is 1. The van der Waals surface area contributed by atoms with Gasteiger partial charge in [0, 0.05) is 0 Å². The van der Waals surface area contributed by atoms with Crippen molar-refractivity contribution in [3.8, 4) is 0 Å². The lowest BCUT2D eigenvalue weighted by atomic mass is 10.4. The maximum Gasteiger partial charge on any atom is 0.110 e. The lowest BCUT2D eigenvalue weighted by Gasteiger charge is -1.81. The Morgan fingerprint density at radius 3 is 2.14 bits per heavy atom. The third kappa shape index (κ3) is 3.10. The Kier molecular flexibility index (Phi) is 3.11. The summed E-state index contributed by atoms with van der Waals surface area (Å²) in [5, 5.41) is 8.63. The van der Waals surface area contributed by atoms with Crippen molar-refractivity contribution in [2.45, 2.75) is 13.8 Å². The van der Waals surface area contributed by atoms with Crippen molar-refractivity contribution in [3.63, 3.8) is 0 Å². The third-order valence-electron chi connectivity index (χ3n) is 0.633. The maximum absolute atomic E-state index is 8.63. The first-order valence-electron chi connectivity index (χ1n) is 2.29. The molecule has 0 aromatic rings. The Bertz CT molecular complexity index is 90.4. The van der Waals surface area contributed by atoms with E-state index in [1.165, 1.54) is 0 Å². The van der Waals surface area contributed by atoms with Gasteiger partial charge in [-0.15, -0.1) is 0 Å². The van der Waals surface area contributed by atoms with Crippen LogP contribution < -0.4 is 0 Å². The highest BCUT2D eigenvalue weighted by Crippen LogP contribution is 1.86. The van der Waals surface area contributed by atoms with Crippen LogP contribution in [0.3, 0.4) is 0 Å². The van der Waals surface area contributed by atoms with Crippen molar-refractivity contribution in [1.82, 2.24) is 0 Å². The molecule has 0 bridgehead atoms. The molecule has 0 aromatic carbocycles. The average Bonchev–Trinajstić information content (AvgIpc) is 1.68. The first-order valence-corrected chi connectivity index (χ1v) is 2.29. The summed E-state index contributed by atoms with van der Waals surface area (Å²) in [6, 6.07) is 0. The fourth-order valence-electron chi connectivity index (χ4n) is 0.267. The molecule has 0 aliphatic carbocycles. The van der Waals surface area contributed by atoms with Crippen molar-refractivity contribution in [1.29, 1.82) is 0 Å². The van der Waals surface area contributed by atoms with Gasteiger partial charge in [-0.3, -0.25) is 0 Å². The smallest absolute Gasteiger partial charge is 0.110 e. The quantitative estimate of drug-likeness (QED) is 0.393. The van der Waals surface area contributed by atoms with Crippen LogP contribution in [0.2, 0.25) is 0 Å². The van der Waals surface area contributed by atoms with Gasteiger partial charge in [0.15, 0.2) is 0 Å². The van der Waals surface area contributed by atoms with Crippen LogP contribution in [-0.2, 0) is 0 Å². The van der Waals surface area contributed by atoms with Gasteiger partial charge in [0.25, 0.3) is 0 Å². The number of hydrogen-bond acceptors (Lipinski definition) is 1. The average molecular weight is 98.1 g/mol. The van der Waals surface area contributed by atoms with E-state index in [0.717, 1.165) is 0 Å². The standard InChI is InChI=1S/C6H10O/c1-3-5-6(7)4-2/h3-5,7H,1-2H3/b5-3-,6-4+. The van der Waals surface area contributed by atoms with Crippen LogP contribution in [0, 0.1) is 0 Å². The minimum atomic E-state index is 0.322. The molecule has 0 unspecified atom stereocenters.